The van der Waals surface area contributed by atoms with Crippen molar-refractivity contribution in [2.45, 2.75) is 114 Å². The van der Waals surface area contributed by atoms with E-state index in [0.29, 0.717) is 27.6 Å². The fourth-order valence-corrected chi connectivity index (χ4v) is 7.79. The Labute approximate surface area is 435 Å². The number of carboxylic acid groups (broad SMARTS) is 4. The topological polar surface area (TPSA) is 415 Å². The first-order valence-corrected chi connectivity index (χ1v) is 24.1. The van der Waals surface area contributed by atoms with Crippen molar-refractivity contribution in [3.8, 4) is 5.75 Å². The number of hydrogen-bond acceptors (Lipinski definition) is 13. The number of nitrogens with two attached hydrogens (primary N) is 1. The van der Waals surface area contributed by atoms with Crippen molar-refractivity contribution in [2.24, 2.45) is 11.7 Å². The summed E-state index contributed by atoms with van der Waals surface area (Å²) in [6.07, 6.45) is -2.14. The van der Waals surface area contributed by atoms with E-state index in [1.54, 1.807) is 74.6 Å². The molecule has 7 atom stereocenters. The van der Waals surface area contributed by atoms with Crippen molar-refractivity contribution in [3.63, 3.8) is 0 Å². The normalized spacial score (nSPS) is 13.8. The van der Waals surface area contributed by atoms with Crippen molar-refractivity contribution < 1.29 is 78.3 Å². The highest BCUT2D eigenvalue weighted by atomic mass is 16.4. The van der Waals surface area contributed by atoms with E-state index in [1.165, 1.54) is 24.3 Å². The molecule has 25 nitrogen and oxygen atoms in total. The number of fused-ring (bicyclic) bond motifs is 1. The number of rotatable bonds is 31. The number of carbonyl (C=O) groups is 11. The van der Waals surface area contributed by atoms with Crippen molar-refractivity contribution in [2.75, 3.05) is 6.54 Å². The summed E-state index contributed by atoms with van der Waals surface area (Å²) in [5, 5.41) is 65.7. The predicted octanol–water partition coefficient (Wildman–Crippen LogP) is -0.411. The van der Waals surface area contributed by atoms with Crippen LogP contribution in [-0.4, -0.2) is 145 Å². The van der Waals surface area contributed by atoms with Crippen molar-refractivity contribution >= 4 is 76.1 Å². The number of benzene rings is 3. The molecule has 0 saturated heterocycles. The molecule has 0 spiro atoms. The molecule has 408 valence electrons. The van der Waals surface area contributed by atoms with Gasteiger partial charge in [0.2, 0.25) is 41.4 Å². The summed E-state index contributed by atoms with van der Waals surface area (Å²) in [5.41, 5.74) is 7.72. The average molecular weight is 1060 g/mol. The number of carboxylic acids is 4. The maximum atomic E-state index is 14.5. The lowest BCUT2D eigenvalue weighted by Crippen LogP contribution is -2.60. The number of carbonyl (C=O) groups excluding carboxylic acids is 7. The number of H-pyrrole nitrogens is 1. The lowest BCUT2D eigenvalue weighted by Gasteiger charge is -2.27. The Kier molecular flexibility index (Phi) is 22.9. The van der Waals surface area contributed by atoms with Crippen molar-refractivity contribution in [1.82, 2.24) is 42.2 Å². The summed E-state index contributed by atoms with van der Waals surface area (Å²) >= 11 is 0. The van der Waals surface area contributed by atoms with E-state index in [0.717, 1.165) is 0 Å². The highest BCUT2D eigenvalue weighted by Gasteiger charge is 2.35. The molecule has 0 aliphatic rings. The van der Waals surface area contributed by atoms with Crippen LogP contribution >= 0.6 is 0 Å². The van der Waals surface area contributed by atoms with Gasteiger partial charge in [0.25, 0.3) is 0 Å². The minimum absolute atomic E-state index is 0.0380. The zero-order chi connectivity index (χ0) is 56.1. The van der Waals surface area contributed by atoms with Gasteiger partial charge in [-0.25, -0.2) is 4.79 Å². The molecule has 4 rings (SSSR count). The monoisotopic (exact) mass is 1060 g/mol. The fourth-order valence-electron chi connectivity index (χ4n) is 7.79. The van der Waals surface area contributed by atoms with E-state index in [2.05, 4.69) is 42.2 Å². The van der Waals surface area contributed by atoms with Crippen LogP contribution in [0.4, 0.5) is 0 Å². The molecule has 15 N–H and O–H groups in total. The van der Waals surface area contributed by atoms with Gasteiger partial charge in [0, 0.05) is 49.2 Å². The molecule has 3 aromatic carbocycles. The average Bonchev–Trinajstić information content (AvgIpc) is 3.77. The van der Waals surface area contributed by atoms with Gasteiger partial charge in [-0.15, -0.1) is 0 Å². The Morgan fingerprint density at radius 1 is 0.526 bits per heavy atom. The number of nitrogens with one attached hydrogen (secondary N) is 8. The van der Waals surface area contributed by atoms with Gasteiger partial charge in [0.15, 0.2) is 0 Å². The van der Waals surface area contributed by atoms with Crippen LogP contribution < -0.4 is 43.0 Å². The molecule has 25 heteroatoms. The predicted molar refractivity (Wildman–Crippen MR) is 270 cm³/mol. The van der Waals surface area contributed by atoms with Gasteiger partial charge < -0.3 is 73.5 Å². The number of aromatic hydroxyl groups is 1. The number of amides is 7. The van der Waals surface area contributed by atoms with Gasteiger partial charge in [-0.1, -0.05) is 74.5 Å². The summed E-state index contributed by atoms with van der Waals surface area (Å²) in [6.45, 7) is 2.69. The molecule has 7 amide bonds. The molecule has 0 saturated carbocycles. The third-order valence-electron chi connectivity index (χ3n) is 11.7. The van der Waals surface area contributed by atoms with Crippen LogP contribution in [0, 0.1) is 5.92 Å². The number of aliphatic carboxylic acids is 4. The van der Waals surface area contributed by atoms with E-state index >= 15 is 0 Å². The van der Waals surface area contributed by atoms with Crippen LogP contribution in [-0.2, 0) is 72.0 Å². The fraction of sp³-hybridized carbons (Fsp3) is 0.392. The molecule has 4 aromatic rings. The molecule has 0 fully saturated rings. The number of hydrogen-bond donors (Lipinski definition) is 14. The highest BCUT2D eigenvalue weighted by molar-refractivity contribution is 5.98. The zero-order valence-corrected chi connectivity index (χ0v) is 41.6. The zero-order valence-electron chi connectivity index (χ0n) is 41.6. The molecule has 0 aliphatic carbocycles. The lowest BCUT2D eigenvalue weighted by atomic mass is 10.00. The number of phenols is 1. The van der Waals surface area contributed by atoms with Crippen LogP contribution in [0.1, 0.15) is 69.1 Å². The van der Waals surface area contributed by atoms with Crippen molar-refractivity contribution in [1.29, 1.82) is 0 Å². The molecule has 1 heterocycles. The second-order valence-electron chi connectivity index (χ2n) is 18.3. The second kappa shape index (κ2) is 29.1. The smallest absolute Gasteiger partial charge is 0.326 e. The van der Waals surface area contributed by atoms with Crippen LogP contribution in [0.25, 0.3) is 10.9 Å². The third kappa shape index (κ3) is 19.9. The van der Waals surface area contributed by atoms with Gasteiger partial charge >= 0.3 is 23.9 Å². The Morgan fingerprint density at radius 3 is 1.57 bits per heavy atom. The Morgan fingerprint density at radius 2 is 1.01 bits per heavy atom. The maximum absolute atomic E-state index is 14.5. The van der Waals surface area contributed by atoms with Gasteiger partial charge in [0.05, 0.1) is 19.0 Å². The highest BCUT2D eigenvalue weighted by Crippen LogP contribution is 2.20. The molecule has 0 aliphatic heterocycles. The summed E-state index contributed by atoms with van der Waals surface area (Å²) in [6, 6.07) is 9.60. The van der Waals surface area contributed by atoms with E-state index < -0.39 is 140 Å². The molecule has 0 unspecified atom stereocenters. The minimum Gasteiger partial charge on any atom is -0.508 e. The van der Waals surface area contributed by atoms with Gasteiger partial charge in [-0.2, -0.15) is 0 Å². The summed E-state index contributed by atoms with van der Waals surface area (Å²) in [5.74, 6) is -13.0. The minimum atomic E-state index is -1.87. The first-order chi connectivity index (χ1) is 36.0. The lowest BCUT2D eigenvalue weighted by molar-refractivity contribution is -0.143. The molecular weight excluding hydrogens is 995 g/mol. The van der Waals surface area contributed by atoms with E-state index in [-0.39, 0.29) is 43.8 Å². The van der Waals surface area contributed by atoms with Crippen molar-refractivity contribution in [3.05, 3.63) is 102 Å². The van der Waals surface area contributed by atoms with E-state index in [1.807, 2.05) is 0 Å². The number of aromatic amines is 1. The van der Waals surface area contributed by atoms with Crippen LogP contribution in [0.5, 0.6) is 5.75 Å². The van der Waals surface area contributed by atoms with Gasteiger partial charge in [-0.3, -0.25) is 47.9 Å². The Balaban J connectivity index is 1.65. The second-order valence-corrected chi connectivity index (χ2v) is 18.3. The summed E-state index contributed by atoms with van der Waals surface area (Å²) < 4.78 is 0. The molecular formula is C51H63N9O16. The summed E-state index contributed by atoms with van der Waals surface area (Å²) in [7, 11) is 0. The van der Waals surface area contributed by atoms with E-state index in [9.17, 15) is 73.2 Å². The molecule has 0 bridgehead atoms. The number of aromatic nitrogens is 1. The van der Waals surface area contributed by atoms with Crippen LogP contribution in [0.3, 0.4) is 0 Å². The van der Waals surface area contributed by atoms with Crippen LogP contribution in [0.2, 0.25) is 0 Å². The molecule has 0 radical (unpaired) electrons. The molecule has 1 aromatic heterocycles. The largest absolute Gasteiger partial charge is 0.508 e. The first-order valence-electron chi connectivity index (χ1n) is 24.1. The summed E-state index contributed by atoms with van der Waals surface area (Å²) in [4.78, 5) is 146. The first kappa shape index (κ1) is 59.7. The van der Waals surface area contributed by atoms with Gasteiger partial charge in [0.1, 0.15) is 42.0 Å². The van der Waals surface area contributed by atoms with Gasteiger partial charge in [-0.05, 0) is 60.1 Å². The Hall–Kier alpha value is -8.87. The van der Waals surface area contributed by atoms with Crippen LogP contribution in [0.15, 0.2) is 85.1 Å². The SMILES string of the molecule is CC(C)C[C@H](NC(=O)[C@H](Cc1c[nH]c2ccccc12)NC(=O)[C@H](CCC(=O)O)NC(=O)[C@H](Cc1ccccc1)NC(=O)[C@H](Cc1ccc(O)cc1)NC(=O)[C@H](CC(=O)O)NC(=O)CNC(=O)[C@@H](N)CCC(=O)O)C(=O)O. The Bertz CT molecular complexity index is 2710. The number of para-hydroxylation sites is 1. The maximum Gasteiger partial charge on any atom is 0.326 e. The standard InChI is InChI=1S/C51H63N9O16/c1-27(2)20-40(51(75)76)60-49(73)38(23-30-25-53-34-11-7-6-10-32(30)34)59-46(70)35(17-19-43(65)66)56-47(71)36(21-28-8-4-3-5-9-28)57-48(72)37(22-29-12-14-31(61)15-13-29)58-50(74)39(24-44(67)68)55-41(62)26-54-45(69)33(52)16-18-42(63)64/h3-15,25,27,33,35-40,53,61H,16-24,26,52H2,1-2H3,(H,54,69)(H,55,62)(H,56,71)(H,57,72)(H,58,74)(H,59,70)(H,60,73)(H,63,64)(H,65,66)(H,67,68)(H,75,76)/t33-,35-,36-,37-,38-,39-,40-/m0/s1. The third-order valence-corrected chi connectivity index (χ3v) is 11.7. The molecule has 76 heavy (non-hydrogen) atoms. The quantitative estimate of drug-likeness (QED) is 0.0305. The number of phenolic OH excluding ortho intramolecular Hbond substituents is 1. The van der Waals surface area contributed by atoms with E-state index in [4.69, 9.17) is 10.8 Å².